The van der Waals surface area contributed by atoms with Crippen LogP contribution in [0, 0.1) is 12.7 Å². The molecule has 2 N–H and O–H groups in total. The Balaban J connectivity index is 1.81. The van der Waals surface area contributed by atoms with E-state index in [1.54, 1.807) is 36.1 Å². The Bertz CT molecular complexity index is 941. The van der Waals surface area contributed by atoms with Crippen LogP contribution in [-0.4, -0.2) is 46.7 Å². The van der Waals surface area contributed by atoms with Gasteiger partial charge < -0.3 is 20.2 Å². The molecule has 1 aliphatic heterocycles. The van der Waals surface area contributed by atoms with Gasteiger partial charge in [-0.05, 0) is 53.9 Å². The molecule has 154 valence electrons. The van der Waals surface area contributed by atoms with E-state index in [9.17, 15) is 19.1 Å². The van der Waals surface area contributed by atoms with Gasteiger partial charge in [0.2, 0.25) is 0 Å². The summed E-state index contributed by atoms with van der Waals surface area (Å²) in [5, 5.41) is 13.2. The second-order valence-corrected chi connectivity index (χ2v) is 7.68. The van der Waals surface area contributed by atoms with Crippen LogP contribution in [0.5, 0.6) is 0 Å². The largest absolute Gasteiger partial charge is 0.465 e. The summed E-state index contributed by atoms with van der Waals surface area (Å²) >= 11 is 12.1. The molecule has 1 unspecified atom stereocenters. The molecule has 0 radical (unpaired) electrons. The van der Waals surface area contributed by atoms with E-state index >= 15 is 0 Å². The lowest BCUT2D eigenvalue weighted by Gasteiger charge is -2.41. The number of aryl methyl sites for hydroxylation is 1. The van der Waals surface area contributed by atoms with Crippen LogP contribution in [0.3, 0.4) is 0 Å². The first-order valence-corrected chi connectivity index (χ1v) is 9.74. The summed E-state index contributed by atoms with van der Waals surface area (Å²) in [5.41, 5.74) is 2.03. The van der Waals surface area contributed by atoms with Crippen LogP contribution in [0.1, 0.15) is 22.7 Å². The van der Waals surface area contributed by atoms with Crippen molar-refractivity contribution in [3.05, 3.63) is 69.0 Å². The third-order valence-corrected chi connectivity index (χ3v) is 5.54. The van der Waals surface area contributed by atoms with Gasteiger partial charge in [0.25, 0.3) is 0 Å². The average Bonchev–Trinajstić information content (AvgIpc) is 2.68. The third kappa shape index (κ3) is 4.92. The zero-order valence-corrected chi connectivity index (χ0v) is 17.2. The Labute approximate surface area is 177 Å². The number of carboxylic acid groups (broad SMARTS) is 1. The normalized spacial score (nSPS) is 16.6. The van der Waals surface area contributed by atoms with Crippen molar-refractivity contribution >= 4 is 35.3 Å². The zero-order valence-electron chi connectivity index (χ0n) is 15.7. The Hall–Kier alpha value is -2.51. The number of piperazine rings is 1. The molecule has 9 heteroatoms. The Morgan fingerprint density at radius 3 is 2.66 bits per heavy atom. The van der Waals surface area contributed by atoms with E-state index in [-0.39, 0.29) is 38.0 Å². The summed E-state index contributed by atoms with van der Waals surface area (Å²) in [6.07, 6.45) is -1.06. The smallest absolute Gasteiger partial charge is 0.407 e. The fourth-order valence-electron chi connectivity index (χ4n) is 3.43. The van der Waals surface area contributed by atoms with Gasteiger partial charge in [-0.2, -0.15) is 0 Å². The predicted octanol–water partition coefficient (Wildman–Crippen LogP) is 4.69. The molecule has 0 spiro atoms. The minimum atomic E-state index is -1.06. The number of carbonyl (C=O) groups excluding carboxylic acids is 1. The van der Waals surface area contributed by atoms with Crippen molar-refractivity contribution in [2.45, 2.75) is 19.5 Å². The second kappa shape index (κ2) is 8.88. The maximum absolute atomic E-state index is 13.5. The molecular weight excluding hydrogens is 420 g/mol. The molecule has 0 aliphatic carbocycles. The van der Waals surface area contributed by atoms with Crippen molar-refractivity contribution in [3.8, 4) is 0 Å². The monoisotopic (exact) mass is 439 g/mol. The molecule has 0 bridgehead atoms. The van der Waals surface area contributed by atoms with Crippen LogP contribution in [0.4, 0.5) is 14.0 Å². The maximum atomic E-state index is 13.5. The maximum Gasteiger partial charge on any atom is 0.407 e. The Kier molecular flexibility index (Phi) is 6.49. The highest BCUT2D eigenvalue weighted by molar-refractivity contribution is 6.33. The SMILES string of the molecule is Cc1cc(F)ccc1C1CN(C(=O)O)CCN1C(=O)NCc1cc(Cl)ccc1Cl. The number of benzene rings is 2. The topological polar surface area (TPSA) is 72.9 Å². The number of urea groups is 1. The number of halogens is 3. The van der Waals surface area contributed by atoms with Gasteiger partial charge in [0.1, 0.15) is 5.82 Å². The number of hydrogen-bond acceptors (Lipinski definition) is 2. The molecular formula is C20H20Cl2FN3O3. The molecule has 0 aromatic heterocycles. The van der Waals surface area contributed by atoms with Crippen molar-refractivity contribution in [2.75, 3.05) is 19.6 Å². The highest BCUT2D eigenvalue weighted by Gasteiger charge is 2.34. The lowest BCUT2D eigenvalue weighted by molar-refractivity contribution is 0.0826. The first kappa shape index (κ1) is 21.2. The minimum Gasteiger partial charge on any atom is -0.465 e. The number of rotatable bonds is 3. The van der Waals surface area contributed by atoms with Gasteiger partial charge in [-0.3, -0.25) is 0 Å². The minimum absolute atomic E-state index is 0.104. The molecule has 1 fully saturated rings. The van der Waals surface area contributed by atoms with Crippen molar-refractivity contribution in [1.82, 2.24) is 15.1 Å². The van der Waals surface area contributed by atoms with Gasteiger partial charge in [0.05, 0.1) is 6.04 Å². The standard InChI is InChI=1S/C20H20Cl2FN3O3/c1-12-8-15(23)3-4-16(12)18-11-25(20(28)29)6-7-26(18)19(27)24-10-13-9-14(21)2-5-17(13)22/h2-5,8-9,18H,6-7,10-11H2,1H3,(H,24,27)(H,28,29). The summed E-state index contributed by atoms with van der Waals surface area (Å²) in [6, 6.07) is 8.37. The first-order valence-electron chi connectivity index (χ1n) is 8.98. The molecule has 0 saturated carbocycles. The fraction of sp³-hybridized carbons (Fsp3) is 0.300. The molecule has 29 heavy (non-hydrogen) atoms. The summed E-state index contributed by atoms with van der Waals surface area (Å²) < 4.78 is 13.5. The number of nitrogens with zero attached hydrogens (tertiary/aromatic N) is 2. The lowest BCUT2D eigenvalue weighted by atomic mass is 9.98. The van der Waals surface area contributed by atoms with E-state index in [2.05, 4.69) is 5.32 Å². The molecule has 3 amide bonds. The van der Waals surface area contributed by atoms with Crippen LogP contribution >= 0.6 is 23.2 Å². The predicted molar refractivity (Wildman–Crippen MR) is 109 cm³/mol. The van der Waals surface area contributed by atoms with Gasteiger partial charge >= 0.3 is 12.1 Å². The number of amides is 3. The molecule has 1 aliphatic rings. The van der Waals surface area contributed by atoms with Gasteiger partial charge in [0.15, 0.2) is 0 Å². The highest BCUT2D eigenvalue weighted by Crippen LogP contribution is 2.29. The van der Waals surface area contributed by atoms with E-state index in [1.807, 2.05) is 0 Å². The van der Waals surface area contributed by atoms with Crippen LogP contribution in [0.15, 0.2) is 36.4 Å². The van der Waals surface area contributed by atoms with E-state index in [0.29, 0.717) is 26.7 Å². The van der Waals surface area contributed by atoms with Crippen molar-refractivity contribution in [1.29, 1.82) is 0 Å². The van der Waals surface area contributed by atoms with Crippen LogP contribution in [-0.2, 0) is 6.54 Å². The van der Waals surface area contributed by atoms with Crippen LogP contribution in [0.25, 0.3) is 0 Å². The van der Waals surface area contributed by atoms with Crippen LogP contribution < -0.4 is 5.32 Å². The molecule has 2 aromatic rings. The molecule has 6 nitrogen and oxygen atoms in total. The van der Waals surface area contributed by atoms with Gasteiger partial charge in [-0.15, -0.1) is 0 Å². The summed E-state index contributed by atoms with van der Waals surface area (Å²) in [7, 11) is 0. The quantitative estimate of drug-likeness (QED) is 0.728. The summed E-state index contributed by atoms with van der Waals surface area (Å²) in [5.74, 6) is -0.385. The van der Waals surface area contributed by atoms with E-state index in [4.69, 9.17) is 23.2 Å². The van der Waals surface area contributed by atoms with Gasteiger partial charge in [-0.1, -0.05) is 29.3 Å². The van der Waals surface area contributed by atoms with Crippen molar-refractivity contribution in [2.24, 2.45) is 0 Å². The summed E-state index contributed by atoms with van der Waals surface area (Å²) in [4.78, 5) is 27.2. The second-order valence-electron chi connectivity index (χ2n) is 6.83. The summed E-state index contributed by atoms with van der Waals surface area (Å²) in [6.45, 7) is 2.42. The van der Waals surface area contributed by atoms with E-state index < -0.39 is 12.1 Å². The average molecular weight is 440 g/mol. The van der Waals surface area contributed by atoms with E-state index in [0.717, 1.165) is 0 Å². The fourth-order valence-corrected chi connectivity index (χ4v) is 3.81. The molecule has 1 atom stereocenters. The molecule has 3 rings (SSSR count). The third-order valence-electron chi connectivity index (χ3n) is 4.94. The number of hydrogen-bond donors (Lipinski definition) is 2. The molecule has 1 saturated heterocycles. The number of carbonyl (C=O) groups is 2. The van der Waals surface area contributed by atoms with Crippen molar-refractivity contribution < 1.29 is 19.1 Å². The highest BCUT2D eigenvalue weighted by atomic mass is 35.5. The van der Waals surface area contributed by atoms with E-state index in [1.165, 1.54) is 17.0 Å². The van der Waals surface area contributed by atoms with Gasteiger partial charge in [0, 0.05) is 36.2 Å². The number of nitrogens with one attached hydrogen (secondary N) is 1. The van der Waals surface area contributed by atoms with Crippen molar-refractivity contribution in [3.63, 3.8) is 0 Å². The lowest BCUT2D eigenvalue weighted by Crippen LogP contribution is -2.54. The Morgan fingerprint density at radius 1 is 1.21 bits per heavy atom. The Morgan fingerprint density at radius 2 is 1.97 bits per heavy atom. The molecule has 1 heterocycles. The van der Waals surface area contributed by atoms with Crippen LogP contribution in [0.2, 0.25) is 10.0 Å². The van der Waals surface area contributed by atoms with Gasteiger partial charge in [-0.25, -0.2) is 14.0 Å². The zero-order chi connectivity index (χ0) is 21.1. The first-order chi connectivity index (χ1) is 13.8. The molecule has 2 aromatic carbocycles.